The number of hydrogen-bond donors (Lipinski definition) is 2. The molecular formula is C11H19NO2S. The molecule has 2 N–H and O–H groups in total. The lowest BCUT2D eigenvalue weighted by Crippen LogP contribution is -2.32. The van der Waals surface area contributed by atoms with Crippen LogP contribution in [0.3, 0.4) is 0 Å². The Morgan fingerprint density at radius 1 is 1.53 bits per heavy atom. The zero-order valence-electron chi connectivity index (χ0n) is 9.16. The molecule has 0 aromatic heterocycles. The first-order chi connectivity index (χ1) is 7.24. The van der Waals surface area contributed by atoms with Crippen LogP contribution in [0.25, 0.3) is 0 Å². The summed E-state index contributed by atoms with van der Waals surface area (Å²) in [4.78, 5) is 10.7. The third-order valence-corrected chi connectivity index (χ3v) is 3.68. The van der Waals surface area contributed by atoms with E-state index >= 15 is 0 Å². The molecule has 0 amide bonds. The van der Waals surface area contributed by atoms with E-state index in [1.165, 1.54) is 24.3 Å². The van der Waals surface area contributed by atoms with E-state index in [0.717, 1.165) is 0 Å². The van der Waals surface area contributed by atoms with Gasteiger partial charge in [0.05, 0.1) is 0 Å². The Labute approximate surface area is 95.3 Å². The van der Waals surface area contributed by atoms with Crippen molar-refractivity contribution in [2.24, 2.45) is 0 Å². The third kappa shape index (κ3) is 4.71. The topological polar surface area (TPSA) is 49.3 Å². The van der Waals surface area contributed by atoms with E-state index in [9.17, 15) is 4.79 Å². The molecule has 1 aliphatic rings. The average Bonchev–Trinajstić information content (AvgIpc) is 2.25. The van der Waals surface area contributed by atoms with Gasteiger partial charge in [-0.05, 0) is 30.8 Å². The molecule has 0 saturated carbocycles. The van der Waals surface area contributed by atoms with E-state index in [2.05, 4.69) is 5.32 Å². The Morgan fingerprint density at radius 2 is 2.20 bits per heavy atom. The zero-order chi connectivity index (χ0) is 11.1. The van der Waals surface area contributed by atoms with E-state index in [0.29, 0.717) is 24.6 Å². The minimum Gasteiger partial charge on any atom is -0.478 e. The molecule has 0 bridgehead atoms. The van der Waals surface area contributed by atoms with E-state index in [4.69, 9.17) is 5.11 Å². The first kappa shape index (κ1) is 12.6. The molecule has 15 heavy (non-hydrogen) atoms. The quantitative estimate of drug-likeness (QED) is 0.707. The fourth-order valence-corrected chi connectivity index (χ4v) is 2.74. The summed E-state index contributed by atoms with van der Waals surface area (Å²) >= 11 is 2.00. The molecule has 0 aromatic rings. The minimum absolute atomic E-state index is 0.507. The van der Waals surface area contributed by atoms with Gasteiger partial charge in [-0.2, -0.15) is 11.8 Å². The summed E-state index contributed by atoms with van der Waals surface area (Å²) < 4.78 is 0. The standard InChI is InChI=1S/C11H19NO2S/c1-2-9(11(13)14)3-6-12-10-4-7-15-8-5-10/h3,10,12H,2,4-8H2,1H3,(H,13,14). The Balaban J connectivity index is 2.26. The van der Waals surface area contributed by atoms with Crippen molar-refractivity contribution in [2.75, 3.05) is 18.1 Å². The van der Waals surface area contributed by atoms with Crippen LogP contribution in [-0.4, -0.2) is 35.2 Å². The lowest BCUT2D eigenvalue weighted by atomic mass is 10.1. The normalized spacial score (nSPS) is 19.1. The van der Waals surface area contributed by atoms with Crippen LogP contribution in [-0.2, 0) is 4.79 Å². The van der Waals surface area contributed by atoms with Crippen molar-refractivity contribution in [3.05, 3.63) is 11.6 Å². The molecule has 1 fully saturated rings. The van der Waals surface area contributed by atoms with Crippen LogP contribution in [0.5, 0.6) is 0 Å². The summed E-state index contributed by atoms with van der Waals surface area (Å²) in [5.74, 6) is 1.65. The molecule has 0 spiro atoms. The predicted molar refractivity (Wildman–Crippen MR) is 64.4 cm³/mol. The van der Waals surface area contributed by atoms with Crippen LogP contribution in [0, 0.1) is 0 Å². The van der Waals surface area contributed by atoms with Gasteiger partial charge in [0.15, 0.2) is 0 Å². The molecule has 86 valence electrons. The number of hydrogen-bond acceptors (Lipinski definition) is 3. The second-order valence-electron chi connectivity index (χ2n) is 3.68. The van der Waals surface area contributed by atoms with Crippen LogP contribution in [0.2, 0.25) is 0 Å². The van der Waals surface area contributed by atoms with Gasteiger partial charge in [0.25, 0.3) is 0 Å². The molecule has 0 aliphatic carbocycles. The molecule has 1 rings (SSSR count). The number of carboxylic acids is 1. The van der Waals surface area contributed by atoms with Crippen LogP contribution < -0.4 is 5.32 Å². The van der Waals surface area contributed by atoms with Crippen molar-refractivity contribution in [3.8, 4) is 0 Å². The first-order valence-electron chi connectivity index (χ1n) is 5.47. The Kier molecular flexibility index (Phi) is 5.79. The van der Waals surface area contributed by atoms with Gasteiger partial charge in [-0.15, -0.1) is 0 Å². The van der Waals surface area contributed by atoms with Gasteiger partial charge in [-0.3, -0.25) is 0 Å². The van der Waals surface area contributed by atoms with Gasteiger partial charge in [0, 0.05) is 18.2 Å². The molecule has 3 nitrogen and oxygen atoms in total. The maximum absolute atomic E-state index is 10.7. The highest BCUT2D eigenvalue weighted by atomic mass is 32.2. The van der Waals surface area contributed by atoms with Crippen LogP contribution in [0.15, 0.2) is 11.6 Å². The lowest BCUT2D eigenvalue weighted by molar-refractivity contribution is -0.132. The molecule has 0 aromatic carbocycles. The van der Waals surface area contributed by atoms with Crippen LogP contribution in [0.1, 0.15) is 26.2 Å². The lowest BCUT2D eigenvalue weighted by Gasteiger charge is -2.21. The highest BCUT2D eigenvalue weighted by Gasteiger charge is 2.12. The summed E-state index contributed by atoms with van der Waals surface area (Å²) in [6.45, 7) is 2.56. The molecule has 1 heterocycles. The average molecular weight is 229 g/mol. The van der Waals surface area contributed by atoms with E-state index < -0.39 is 5.97 Å². The summed E-state index contributed by atoms with van der Waals surface area (Å²) in [6.07, 6.45) is 4.79. The van der Waals surface area contributed by atoms with Gasteiger partial charge in [-0.25, -0.2) is 4.79 Å². The molecule has 0 unspecified atom stereocenters. The fraction of sp³-hybridized carbons (Fsp3) is 0.727. The number of aliphatic carboxylic acids is 1. The number of nitrogens with one attached hydrogen (secondary N) is 1. The number of carboxylic acid groups (broad SMARTS) is 1. The summed E-state index contributed by atoms with van der Waals surface area (Å²) in [7, 11) is 0. The fourth-order valence-electron chi connectivity index (χ4n) is 1.63. The summed E-state index contributed by atoms with van der Waals surface area (Å²) in [5, 5.41) is 12.2. The van der Waals surface area contributed by atoms with Gasteiger partial charge in [0.1, 0.15) is 0 Å². The van der Waals surface area contributed by atoms with E-state index in [1.807, 2.05) is 18.7 Å². The maximum Gasteiger partial charge on any atom is 0.331 e. The summed E-state index contributed by atoms with van der Waals surface area (Å²) in [5.41, 5.74) is 0.507. The molecular weight excluding hydrogens is 210 g/mol. The third-order valence-electron chi connectivity index (χ3n) is 2.63. The van der Waals surface area contributed by atoms with E-state index in [1.54, 1.807) is 6.08 Å². The smallest absolute Gasteiger partial charge is 0.331 e. The highest BCUT2D eigenvalue weighted by Crippen LogP contribution is 2.16. The Hall–Kier alpha value is -0.480. The van der Waals surface area contributed by atoms with Crippen LogP contribution in [0.4, 0.5) is 0 Å². The molecule has 1 saturated heterocycles. The van der Waals surface area contributed by atoms with Crippen molar-refractivity contribution in [2.45, 2.75) is 32.2 Å². The Morgan fingerprint density at radius 3 is 2.73 bits per heavy atom. The van der Waals surface area contributed by atoms with Gasteiger partial charge < -0.3 is 10.4 Å². The van der Waals surface area contributed by atoms with Crippen molar-refractivity contribution in [3.63, 3.8) is 0 Å². The largest absolute Gasteiger partial charge is 0.478 e. The SMILES string of the molecule is CCC(=CCNC1CCSCC1)C(=O)O. The zero-order valence-corrected chi connectivity index (χ0v) is 9.98. The van der Waals surface area contributed by atoms with E-state index in [-0.39, 0.29) is 0 Å². The molecule has 4 heteroatoms. The van der Waals surface area contributed by atoms with Crippen molar-refractivity contribution in [1.82, 2.24) is 5.32 Å². The molecule has 0 radical (unpaired) electrons. The predicted octanol–water partition coefficient (Wildman–Crippen LogP) is 1.89. The molecule has 0 atom stereocenters. The van der Waals surface area contributed by atoms with Gasteiger partial charge in [-0.1, -0.05) is 13.0 Å². The number of thioether (sulfide) groups is 1. The number of carbonyl (C=O) groups is 1. The van der Waals surface area contributed by atoms with Crippen molar-refractivity contribution < 1.29 is 9.90 Å². The minimum atomic E-state index is -0.793. The number of rotatable bonds is 5. The second-order valence-corrected chi connectivity index (χ2v) is 4.91. The van der Waals surface area contributed by atoms with Crippen molar-refractivity contribution in [1.29, 1.82) is 0 Å². The molecule has 1 aliphatic heterocycles. The van der Waals surface area contributed by atoms with Crippen LogP contribution >= 0.6 is 11.8 Å². The van der Waals surface area contributed by atoms with Gasteiger partial charge >= 0.3 is 5.97 Å². The first-order valence-corrected chi connectivity index (χ1v) is 6.63. The van der Waals surface area contributed by atoms with Crippen molar-refractivity contribution >= 4 is 17.7 Å². The van der Waals surface area contributed by atoms with Gasteiger partial charge in [0.2, 0.25) is 0 Å². The maximum atomic E-state index is 10.7. The summed E-state index contributed by atoms with van der Waals surface area (Å²) in [6, 6.07) is 0.578. The second kappa shape index (κ2) is 6.90. The highest BCUT2D eigenvalue weighted by molar-refractivity contribution is 7.99. The Bertz CT molecular complexity index is 235. The monoisotopic (exact) mass is 229 g/mol.